The topological polar surface area (TPSA) is 99.5 Å². The predicted molar refractivity (Wildman–Crippen MR) is 136 cm³/mol. The summed E-state index contributed by atoms with van der Waals surface area (Å²) in [5.74, 6) is 1.39. The summed E-state index contributed by atoms with van der Waals surface area (Å²) in [6.45, 7) is 0.837. The number of anilines is 1. The minimum atomic E-state index is -1.03. The lowest BCUT2D eigenvalue weighted by atomic mass is 10.0. The number of ether oxygens (including phenoxy) is 4. The molecule has 1 aliphatic heterocycles. The zero-order valence-corrected chi connectivity index (χ0v) is 20.9. The maximum atomic E-state index is 14.0. The Hall–Kier alpha value is -4.14. The van der Waals surface area contributed by atoms with Gasteiger partial charge in [0.2, 0.25) is 5.91 Å². The lowest BCUT2D eigenvalue weighted by Gasteiger charge is -2.32. The minimum Gasteiger partial charge on any atom is -0.493 e. The number of hydrogen-bond donors (Lipinski definition) is 1. The first-order valence-electron chi connectivity index (χ1n) is 12.4. The van der Waals surface area contributed by atoms with Crippen LogP contribution in [0.2, 0.25) is 0 Å². The molecule has 0 bridgehead atoms. The molecule has 194 valence electrons. The van der Waals surface area contributed by atoms with Crippen molar-refractivity contribution in [1.29, 1.82) is 0 Å². The molecule has 37 heavy (non-hydrogen) atoms. The van der Waals surface area contributed by atoms with Crippen LogP contribution in [0, 0.1) is 0 Å². The molecule has 1 aromatic heterocycles. The van der Waals surface area contributed by atoms with E-state index in [0.29, 0.717) is 47.5 Å². The Labute approximate surface area is 215 Å². The fourth-order valence-corrected chi connectivity index (χ4v) is 4.88. The van der Waals surface area contributed by atoms with E-state index in [0.717, 1.165) is 25.7 Å². The number of rotatable bonds is 8. The van der Waals surface area contributed by atoms with Gasteiger partial charge in [-0.05, 0) is 54.8 Å². The van der Waals surface area contributed by atoms with Crippen LogP contribution in [-0.2, 0) is 4.79 Å². The van der Waals surface area contributed by atoms with Crippen molar-refractivity contribution in [1.82, 2.24) is 5.32 Å². The Morgan fingerprint density at radius 1 is 0.946 bits per heavy atom. The molecular formula is C28H30N2O7. The first kappa shape index (κ1) is 24.5. The standard InChI is InChI=1S/C28H30N2O7/c1-33-21-11-9-18(16-24(21)34-2)26(27(31)29-19-6-3-4-7-19)30(28(32)23-8-5-13-35-23)20-10-12-22-25(17-20)37-15-14-36-22/h5,8-13,16-17,19,26H,3-4,6-7,14-15H2,1-2H3,(H,29,31)/t26-/m0/s1. The molecule has 2 amide bonds. The highest BCUT2D eigenvalue weighted by molar-refractivity contribution is 6.09. The summed E-state index contributed by atoms with van der Waals surface area (Å²) in [5.41, 5.74) is 1.02. The molecule has 9 nitrogen and oxygen atoms in total. The molecule has 1 atom stereocenters. The van der Waals surface area contributed by atoms with Gasteiger partial charge in [-0.25, -0.2) is 0 Å². The first-order valence-corrected chi connectivity index (χ1v) is 12.4. The van der Waals surface area contributed by atoms with Gasteiger partial charge in [-0.1, -0.05) is 18.9 Å². The molecular weight excluding hydrogens is 476 g/mol. The summed E-state index contributed by atoms with van der Waals surface area (Å²) >= 11 is 0. The van der Waals surface area contributed by atoms with Crippen LogP contribution in [0.15, 0.2) is 59.2 Å². The van der Waals surface area contributed by atoms with E-state index >= 15 is 0 Å². The number of nitrogens with zero attached hydrogens (tertiary/aromatic N) is 1. The molecule has 9 heteroatoms. The molecule has 0 saturated heterocycles. The largest absolute Gasteiger partial charge is 0.493 e. The van der Waals surface area contributed by atoms with Crippen LogP contribution in [0.4, 0.5) is 5.69 Å². The number of carbonyl (C=O) groups excluding carboxylic acids is 2. The van der Waals surface area contributed by atoms with Gasteiger partial charge in [-0.2, -0.15) is 0 Å². The van der Waals surface area contributed by atoms with Gasteiger partial charge in [0.05, 0.1) is 20.5 Å². The van der Waals surface area contributed by atoms with Crippen LogP contribution < -0.4 is 29.2 Å². The molecule has 2 aliphatic rings. The number of benzene rings is 2. The summed E-state index contributed by atoms with van der Waals surface area (Å²) < 4.78 is 27.8. The van der Waals surface area contributed by atoms with Gasteiger partial charge < -0.3 is 28.7 Å². The molecule has 1 aliphatic carbocycles. The first-order chi connectivity index (χ1) is 18.1. The molecule has 3 aromatic rings. The van der Waals surface area contributed by atoms with Crippen molar-refractivity contribution in [3.63, 3.8) is 0 Å². The third-order valence-electron chi connectivity index (χ3n) is 6.69. The van der Waals surface area contributed by atoms with Crippen molar-refractivity contribution in [2.45, 2.75) is 37.8 Å². The molecule has 5 rings (SSSR count). The third-order valence-corrected chi connectivity index (χ3v) is 6.69. The van der Waals surface area contributed by atoms with Crippen LogP contribution in [-0.4, -0.2) is 45.3 Å². The summed E-state index contributed by atoms with van der Waals surface area (Å²) in [6.07, 6.45) is 5.35. The molecule has 0 spiro atoms. The second-order valence-corrected chi connectivity index (χ2v) is 8.99. The van der Waals surface area contributed by atoms with E-state index in [9.17, 15) is 9.59 Å². The van der Waals surface area contributed by atoms with Crippen LogP contribution in [0.5, 0.6) is 23.0 Å². The molecule has 2 aromatic carbocycles. The van der Waals surface area contributed by atoms with E-state index in [-0.39, 0.29) is 17.7 Å². The van der Waals surface area contributed by atoms with Crippen molar-refractivity contribution in [2.24, 2.45) is 0 Å². The van der Waals surface area contributed by atoms with Gasteiger partial charge in [0.25, 0.3) is 5.91 Å². The summed E-state index contributed by atoms with van der Waals surface area (Å²) in [6, 6.07) is 12.6. The Morgan fingerprint density at radius 2 is 1.70 bits per heavy atom. The number of hydrogen-bond acceptors (Lipinski definition) is 7. The van der Waals surface area contributed by atoms with Crippen molar-refractivity contribution in [3.05, 3.63) is 66.1 Å². The number of carbonyl (C=O) groups is 2. The highest BCUT2D eigenvalue weighted by atomic mass is 16.6. The number of methoxy groups -OCH3 is 2. The second kappa shape index (κ2) is 10.9. The maximum Gasteiger partial charge on any atom is 0.294 e. The van der Waals surface area contributed by atoms with Crippen molar-refractivity contribution in [2.75, 3.05) is 32.3 Å². The second-order valence-electron chi connectivity index (χ2n) is 8.99. The zero-order valence-electron chi connectivity index (χ0n) is 20.9. The molecule has 1 fully saturated rings. The van der Waals surface area contributed by atoms with Crippen molar-refractivity contribution >= 4 is 17.5 Å². The molecule has 1 N–H and O–H groups in total. The highest BCUT2D eigenvalue weighted by Crippen LogP contribution is 2.39. The van der Waals surface area contributed by atoms with E-state index < -0.39 is 11.9 Å². The fraction of sp³-hybridized carbons (Fsp3) is 0.357. The van der Waals surface area contributed by atoms with Gasteiger partial charge in [0.15, 0.2) is 28.8 Å². The number of nitrogens with one attached hydrogen (secondary N) is 1. The average molecular weight is 507 g/mol. The normalized spacial score (nSPS) is 15.6. The van der Waals surface area contributed by atoms with E-state index in [4.69, 9.17) is 23.4 Å². The average Bonchev–Trinajstić information content (AvgIpc) is 3.65. The van der Waals surface area contributed by atoms with Gasteiger partial charge in [-0.15, -0.1) is 0 Å². The fourth-order valence-electron chi connectivity index (χ4n) is 4.88. The third kappa shape index (κ3) is 5.07. The molecule has 0 radical (unpaired) electrons. The van der Waals surface area contributed by atoms with Crippen LogP contribution in [0.25, 0.3) is 0 Å². The number of fused-ring (bicyclic) bond motifs is 1. The smallest absolute Gasteiger partial charge is 0.294 e. The van der Waals surface area contributed by atoms with Gasteiger partial charge in [0, 0.05) is 17.8 Å². The Morgan fingerprint density at radius 3 is 2.41 bits per heavy atom. The van der Waals surface area contributed by atoms with Gasteiger partial charge in [-0.3, -0.25) is 14.5 Å². The quantitative estimate of drug-likeness (QED) is 0.480. The van der Waals surface area contributed by atoms with E-state index in [1.54, 1.807) is 55.6 Å². The monoisotopic (exact) mass is 506 g/mol. The van der Waals surface area contributed by atoms with E-state index in [1.807, 2.05) is 0 Å². The lowest BCUT2D eigenvalue weighted by Crippen LogP contribution is -2.46. The van der Waals surface area contributed by atoms with Gasteiger partial charge >= 0.3 is 0 Å². The minimum absolute atomic E-state index is 0.0518. The van der Waals surface area contributed by atoms with Crippen molar-refractivity contribution in [3.8, 4) is 23.0 Å². The maximum absolute atomic E-state index is 14.0. The van der Waals surface area contributed by atoms with E-state index in [2.05, 4.69) is 5.32 Å². The Bertz CT molecular complexity index is 1250. The van der Waals surface area contributed by atoms with Crippen LogP contribution >= 0.6 is 0 Å². The summed E-state index contributed by atoms with van der Waals surface area (Å²) in [4.78, 5) is 29.3. The van der Waals surface area contributed by atoms with Crippen LogP contribution in [0.3, 0.4) is 0 Å². The highest BCUT2D eigenvalue weighted by Gasteiger charge is 2.37. The van der Waals surface area contributed by atoms with E-state index in [1.165, 1.54) is 18.3 Å². The molecule has 0 unspecified atom stereocenters. The van der Waals surface area contributed by atoms with Crippen LogP contribution in [0.1, 0.15) is 47.8 Å². The summed E-state index contributed by atoms with van der Waals surface area (Å²) in [7, 11) is 3.07. The zero-order chi connectivity index (χ0) is 25.8. The predicted octanol–water partition coefficient (Wildman–Crippen LogP) is 4.51. The van der Waals surface area contributed by atoms with Gasteiger partial charge in [0.1, 0.15) is 19.3 Å². The summed E-state index contributed by atoms with van der Waals surface area (Å²) in [5, 5.41) is 3.16. The van der Waals surface area contributed by atoms with Crippen molar-refractivity contribution < 1.29 is 33.0 Å². The Kier molecular flexibility index (Phi) is 7.20. The SMILES string of the molecule is COc1ccc([C@@H](C(=O)NC2CCCC2)N(C(=O)c2ccco2)c2ccc3c(c2)OCCO3)cc1OC. The Balaban J connectivity index is 1.64. The number of amides is 2. The molecule has 2 heterocycles. The lowest BCUT2D eigenvalue weighted by molar-refractivity contribution is -0.123. The molecule has 1 saturated carbocycles. The number of furan rings is 1.